The highest BCUT2D eigenvalue weighted by Gasteiger charge is 2.32. The quantitative estimate of drug-likeness (QED) is 0.452. The number of alkyl halides is 3. The van der Waals surface area contributed by atoms with Crippen molar-refractivity contribution >= 4 is 23.0 Å². The van der Waals surface area contributed by atoms with Crippen molar-refractivity contribution in [2.45, 2.75) is 18.8 Å². The second kappa shape index (κ2) is 5.91. The molecule has 0 aliphatic rings. The topological polar surface area (TPSA) is 59.8 Å². The van der Waals surface area contributed by atoms with Crippen LogP contribution in [0.5, 0.6) is 0 Å². The lowest BCUT2D eigenvalue weighted by atomic mass is 10.2. The molecule has 0 aliphatic carbocycles. The molecule has 2 unspecified atom stereocenters. The van der Waals surface area contributed by atoms with E-state index < -0.39 is 35.4 Å². The van der Waals surface area contributed by atoms with Crippen LogP contribution in [-0.4, -0.2) is 24.6 Å². The van der Waals surface area contributed by atoms with Crippen molar-refractivity contribution in [3.63, 3.8) is 0 Å². The first kappa shape index (κ1) is 16.0. The zero-order chi connectivity index (χ0) is 14.8. The summed E-state index contributed by atoms with van der Waals surface area (Å²) in [6.07, 6.45) is -8.26. The van der Waals surface area contributed by atoms with Crippen molar-refractivity contribution in [2.75, 3.05) is 12.4 Å². The van der Waals surface area contributed by atoms with Crippen molar-refractivity contribution in [1.29, 1.82) is 0 Å². The Morgan fingerprint density at radius 1 is 1.47 bits per heavy atom. The normalized spacial score (nSPS) is 15.2. The summed E-state index contributed by atoms with van der Waals surface area (Å²) < 4.78 is 49.7. The first-order valence-electron chi connectivity index (χ1n) is 5.11. The summed E-state index contributed by atoms with van der Waals surface area (Å²) in [6.45, 7) is 0. The van der Waals surface area contributed by atoms with Crippen LogP contribution in [0.1, 0.15) is 6.42 Å². The van der Waals surface area contributed by atoms with E-state index in [4.69, 9.17) is 11.6 Å². The Bertz CT molecular complexity index is 454. The maximum absolute atomic E-state index is 13.6. The highest BCUT2D eigenvalue weighted by Crippen LogP contribution is 2.29. The van der Waals surface area contributed by atoms with Gasteiger partial charge in [0.2, 0.25) is 0 Å². The van der Waals surface area contributed by atoms with Gasteiger partial charge in [0.25, 0.3) is 0 Å². The van der Waals surface area contributed by atoms with E-state index in [-0.39, 0.29) is 10.7 Å². The second-order valence-electron chi connectivity index (χ2n) is 3.85. The summed E-state index contributed by atoms with van der Waals surface area (Å²) in [5.74, 6) is -1.01. The van der Waals surface area contributed by atoms with Crippen LogP contribution >= 0.6 is 11.6 Å². The summed E-state index contributed by atoms with van der Waals surface area (Å²) in [6, 6.07) is 1.94. The summed E-state index contributed by atoms with van der Waals surface area (Å²) in [4.78, 5) is 0. The van der Waals surface area contributed by atoms with Crippen LogP contribution in [0.3, 0.4) is 0 Å². The van der Waals surface area contributed by atoms with Gasteiger partial charge in [0, 0.05) is 11.1 Å². The average Bonchev–Trinajstić information content (AvgIpc) is 2.18. The van der Waals surface area contributed by atoms with E-state index in [1.807, 2.05) is 5.32 Å². The van der Waals surface area contributed by atoms with E-state index in [0.717, 1.165) is 19.2 Å². The van der Waals surface area contributed by atoms with Crippen molar-refractivity contribution in [3.05, 3.63) is 28.2 Å². The van der Waals surface area contributed by atoms with E-state index in [1.165, 1.54) is 0 Å². The predicted octanol–water partition coefficient (Wildman–Crippen LogP) is 1.81. The van der Waals surface area contributed by atoms with Gasteiger partial charge in [-0.25, -0.2) is 4.39 Å². The number of hydrogen-bond donors (Lipinski definition) is 3. The molecule has 0 radical (unpaired) electrons. The fraction of sp³-hybridized carbons (Fsp3) is 0.400. The number of aliphatic hydroxyl groups excluding tert-OH is 1. The van der Waals surface area contributed by atoms with Gasteiger partial charge in [0.1, 0.15) is 11.9 Å². The molecular formula is C10H11ClF4N2O2. The molecule has 0 aliphatic heterocycles. The number of halogens is 5. The Morgan fingerprint density at radius 3 is 2.53 bits per heavy atom. The molecule has 1 aromatic carbocycles. The number of benzene rings is 1. The van der Waals surface area contributed by atoms with E-state index in [0.29, 0.717) is 0 Å². The molecular weight excluding hydrogens is 292 g/mol. The maximum atomic E-state index is 13.6. The standard InChI is InChI=1S/C10H11ClF4N2O2/c1-17(19)7-3-5(11)2-6(12)9(7)16-8(18)4-10(13,14)15/h2-3,8,16-18H,4H2,1H3. The molecule has 9 heteroatoms. The van der Waals surface area contributed by atoms with Crippen LogP contribution < -0.4 is 10.4 Å². The Labute approximate surface area is 111 Å². The third-order valence-corrected chi connectivity index (χ3v) is 2.39. The molecule has 3 N–H and O–H groups in total. The van der Waals surface area contributed by atoms with Crippen LogP contribution in [0.25, 0.3) is 0 Å². The Balaban J connectivity index is 3.00. The summed E-state index contributed by atoms with van der Waals surface area (Å²) in [5, 5.41) is 21.7. The Kier molecular flexibility index (Phi) is 4.97. The van der Waals surface area contributed by atoms with Gasteiger partial charge in [0.05, 0.1) is 13.5 Å². The Hall–Kier alpha value is -1.09. The number of hydroxylamine groups is 1. The molecule has 0 spiro atoms. The van der Waals surface area contributed by atoms with Crippen molar-refractivity contribution < 1.29 is 27.7 Å². The number of anilines is 1. The molecule has 0 amide bonds. The molecule has 19 heavy (non-hydrogen) atoms. The van der Waals surface area contributed by atoms with Gasteiger partial charge >= 0.3 is 6.18 Å². The molecule has 0 bridgehead atoms. The second-order valence-corrected chi connectivity index (χ2v) is 4.28. The van der Waals surface area contributed by atoms with Crippen molar-refractivity contribution in [3.8, 4) is 0 Å². The van der Waals surface area contributed by atoms with Crippen LogP contribution in [0.15, 0.2) is 12.1 Å². The lowest BCUT2D eigenvalue weighted by Gasteiger charge is -2.23. The highest BCUT2D eigenvalue weighted by molar-refractivity contribution is 6.30. The fourth-order valence-corrected chi connectivity index (χ4v) is 1.64. The molecule has 108 valence electrons. The number of hydrogen-bond acceptors (Lipinski definition) is 3. The van der Waals surface area contributed by atoms with Gasteiger partial charge in [-0.1, -0.05) is 11.6 Å². The number of nitrogens with one attached hydrogen (secondary N) is 2. The third kappa shape index (κ3) is 4.83. The lowest BCUT2D eigenvalue weighted by molar-refractivity contribution is -0.750. The van der Waals surface area contributed by atoms with Gasteiger partial charge in [-0.15, -0.1) is 0 Å². The first-order valence-corrected chi connectivity index (χ1v) is 5.49. The summed E-state index contributed by atoms with van der Waals surface area (Å²) in [5.41, 5.74) is -0.736. The number of rotatable bonds is 4. The van der Waals surface area contributed by atoms with E-state index in [9.17, 15) is 27.9 Å². The summed E-state index contributed by atoms with van der Waals surface area (Å²) >= 11 is 5.55. The molecule has 1 rings (SSSR count). The third-order valence-electron chi connectivity index (χ3n) is 2.17. The highest BCUT2D eigenvalue weighted by atomic mass is 35.5. The van der Waals surface area contributed by atoms with E-state index in [2.05, 4.69) is 0 Å². The van der Waals surface area contributed by atoms with Crippen LogP contribution in [0, 0.1) is 11.0 Å². The van der Waals surface area contributed by atoms with Gasteiger partial charge < -0.3 is 20.7 Å². The van der Waals surface area contributed by atoms with Gasteiger partial charge in [-0.05, 0) is 6.07 Å². The van der Waals surface area contributed by atoms with Crippen molar-refractivity contribution in [1.82, 2.24) is 0 Å². The SMILES string of the molecule is C[NH+]([O-])c1cc(Cl)cc(F)c1NC(O)CC(F)(F)F. The first-order chi connectivity index (χ1) is 8.60. The minimum absolute atomic E-state index is 0.0708. The smallest absolute Gasteiger partial charge is 0.393 e. The number of aliphatic hydroxyl groups is 1. The molecule has 0 fully saturated rings. The largest absolute Gasteiger partial charge is 0.629 e. The average molecular weight is 303 g/mol. The minimum atomic E-state index is -4.62. The monoisotopic (exact) mass is 302 g/mol. The number of quaternary nitrogens is 1. The van der Waals surface area contributed by atoms with E-state index in [1.54, 1.807) is 0 Å². The van der Waals surface area contributed by atoms with Crippen molar-refractivity contribution in [2.24, 2.45) is 0 Å². The van der Waals surface area contributed by atoms with Crippen LogP contribution in [-0.2, 0) is 0 Å². The molecule has 0 saturated carbocycles. The zero-order valence-corrected chi connectivity index (χ0v) is 10.4. The molecule has 0 heterocycles. The fourth-order valence-electron chi connectivity index (χ4n) is 1.43. The van der Waals surface area contributed by atoms with Crippen LogP contribution in [0.2, 0.25) is 5.02 Å². The summed E-state index contributed by atoms with van der Waals surface area (Å²) in [7, 11) is 1.10. The minimum Gasteiger partial charge on any atom is -0.629 e. The molecule has 4 nitrogen and oxygen atoms in total. The van der Waals surface area contributed by atoms with Gasteiger partial charge in [-0.2, -0.15) is 13.2 Å². The Morgan fingerprint density at radius 2 is 2.05 bits per heavy atom. The molecule has 0 saturated heterocycles. The zero-order valence-electron chi connectivity index (χ0n) is 9.68. The van der Waals surface area contributed by atoms with Crippen LogP contribution in [0.4, 0.5) is 28.9 Å². The van der Waals surface area contributed by atoms with E-state index >= 15 is 0 Å². The molecule has 2 atom stereocenters. The maximum Gasteiger partial charge on any atom is 0.393 e. The predicted molar refractivity (Wildman–Crippen MR) is 61.6 cm³/mol. The lowest BCUT2D eigenvalue weighted by Crippen LogP contribution is -2.98. The molecule has 0 aromatic heterocycles. The van der Waals surface area contributed by atoms with Gasteiger partial charge in [0.15, 0.2) is 11.5 Å². The van der Waals surface area contributed by atoms with Gasteiger partial charge in [-0.3, -0.25) is 0 Å². The molecule has 1 aromatic rings.